The lowest BCUT2D eigenvalue weighted by Gasteiger charge is -2.10. The molecule has 0 saturated carbocycles. The fraction of sp³-hybridized carbons (Fsp3) is 0.500. The van der Waals surface area contributed by atoms with Gasteiger partial charge in [-0.1, -0.05) is 13.8 Å². The number of guanidine groups is 1. The lowest BCUT2D eigenvalue weighted by atomic mass is 10.2. The summed E-state index contributed by atoms with van der Waals surface area (Å²) in [6, 6.07) is 3.88. The molecule has 2 rings (SSSR count). The van der Waals surface area contributed by atoms with Crippen LogP contribution in [0, 0.1) is 0 Å². The number of hydrogen-bond acceptors (Lipinski definition) is 4. The molecule has 5 nitrogen and oxygen atoms in total. The van der Waals surface area contributed by atoms with E-state index in [4.69, 9.17) is 4.42 Å². The molecule has 2 heterocycles. The van der Waals surface area contributed by atoms with Crippen molar-refractivity contribution in [3.05, 3.63) is 40.2 Å². The van der Waals surface area contributed by atoms with Crippen molar-refractivity contribution < 1.29 is 4.42 Å². The third-order valence-corrected chi connectivity index (χ3v) is 4.40. The smallest absolute Gasteiger partial charge is 0.191 e. The highest BCUT2D eigenvalue weighted by atomic mass is 32.1. The summed E-state index contributed by atoms with van der Waals surface area (Å²) in [4.78, 5) is 8.85. The minimum atomic E-state index is 0.503. The first kappa shape index (κ1) is 16.5. The van der Waals surface area contributed by atoms with Crippen LogP contribution in [0.1, 0.15) is 36.2 Å². The Kier molecular flexibility index (Phi) is 6.45. The van der Waals surface area contributed by atoms with Crippen molar-refractivity contribution in [2.24, 2.45) is 4.99 Å². The molecule has 0 atom stereocenters. The van der Waals surface area contributed by atoms with E-state index in [2.05, 4.69) is 39.8 Å². The van der Waals surface area contributed by atoms with E-state index < -0.39 is 0 Å². The van der Waals surface area contributed by atoms with Gasteiger partial charge in [0.1, 0.15) is 5.76 Å². The van der Waals surface area contributed by atoms with E-state index in [1.165, 1.54) is 5.01 Å². The molecule has 0 aromatic carbocycles. The van der Waals surface area contributed by atoms with Crippen LogP contribution in [-0.2, 0) is 12.8 Å². The fourth-order valence-corrected chi connectivity index (χ4v) is 2.86. The highest BCUT2D eigenvalue weighted by molar-refractivity contribution is 7.09. The van der Waals surface area contributed by atoms with Crippen molar-refractivity contribution in [3.63, 3.8) is 0 Å². The van der Waals surface area contributed by atoms with E-state index in [-0.39, 0.29) is 0 Å². The monoisotopic (exact) mass is 320 g/mol. The first-order valence-corrected chi connectivity index (χ1v) is 8.48. The van der Waals surface area contributed by atoms with Gasteiger partial charge in [-0.05, 0) is 12.1 Å². The van der Waals surface area contributed by atoms with Crippen molar-refractivity contribution in [1.29, 1.82) is 0 Å². The van der Waals surface area contributed by atoms with Crippen molar-refractivity contribution >= 4 is 17.3 Å². The zero-order valence-electron chi connectivity index (χ0n) is 13.4. The lowest BCUT2D eigenvalue weighted by Crippen LogP contribution is -2.39. The third-order valence-electron chi connectivity index (χ3n) is 3.20. The SMILES string of the molecule is CN=C(NCCc1csc(C(C)C)n1)NCCc1ccco1. The van der Waals surface area contributed by atoms with Crippen molar-refractivity contribution in [2.45, 2.75) is 32.6 Å². The molecule has 0 radical (unpaired) electrons. The van der Waals surface area contributed by atoms with E-state index in [1.54, 1.807) is 24.6 Å². The Labute approximate surface area is 135 Å². The highest BCUT2D eigenvalue weighted by Gasteiger charge is 2.06. The van der Waals surface area contributed by atoms with Gasteiger partial charge in [0.2, 0.25) is 0 Å². The first-order valence-electron chi connectivity index (χ1n) is 7.60. The Morgan fingerprint density at radius 1 is 1.32 bits per heavy atom. The summed E-state index contributed by atoms with van der Waals surface area (Å²) in [6.45, 7) is 5.96. The molecule has 2 aromatic rings. The van der Waals surface area contributed by atoms with Crippen LogP contribution in [-0.4, -0.2) is 31.1 Å². The molecule has 0 fully saturated rings. The molecule has 6 heteroatoms. The van der Waals surface area contributed by atoms with Crippen LogP contribution in [0.25, 0.3) is 0 Å². The molecular formula is C16H24N4OS. The average molecular weight is 320 g/mol. The number of aromatic nitrogens is 1. The largest absolute Gasteiger partial charge is 0.469 e. The molecule has 0 aliphatic carbocycles. The Bertz CT molecular complexity index is 575. The number of aliphatic imine (C=N–C) groups is 1. The number of nitrogens with zero attached hydrogens (tertiary/aromatic N) is 2. The van der Waals surface area contributed by atoms with Gasteiger partial charge in [-0.15, -0.1) is 11.3 Å². The molecule has 0 spiro atoms. The molecule has 120 valence electrons. The first-order chi connectivity index (χ1) is 10.7. The molecule has 2 aromatic heterocycles. The van der Waals surface area contributed by atoms with E-state index >= 15 is 0 Å². The summed E-state index contributed by atoms with van der Waals surface area (Å²) in [5.74, 6) is 2.29. The second-order valence-corrected chi connectivity index (χ2v) is 6.23. The van der Waals surface area contributed by atoms with Crippen LogP contribution >= 0.6 is 11.3 Å². The van der Waals surface area contributed by atoms with Gasteiger partial charge in [0, 0.05) is 44.3 Å². The molecule has 0 unspecified atom stereocenters. The van der Waals surface area contributed by atoms with Crippen molar-refractivity contribution in [2.75, 3.05) is 20.1 Å². The van der Waals surface area contributed by atoms with Crippen molar-refractivity contribution in [1.82, 2.24) is 15.6 Å². The number of thiazole rings is 1. The zero-order valence-corrected chi connectivity index (χ0v) is 14.2. The summed E-state index contributed by atoms with van der Waals surface area (Å²) < 4.78 is 5.30. The maximum atomic E-state index is 5.30. The predicted octanol–water partition coefficient (Wildman–Crippen LogP) is 2.81. The number of hydrogen-bond donors (Lipinski definition) is 2. The summed E-state index contributed by atoms with van der Waals surface area (Å²) in [5.41, 5.74) is 1.15. The summed E-state index contributed by atoms with van der Waals surface area (Å²) >= 11 is 1.74. The predicted molar refractivity (Wildman–Crippen MR) is 91.7 cm³/mol. The van der Waals surface area contributed by atoms with E-state index in [9.17, 15) is 0 Å². The molecule has 0 saturated heterocycles. The second-order valence-electron chi connectivity index (χ2n) is 5.34. The number of furan rings is 1. The van der Waals surface area contributed by atoms with E-state index in [0.717, 1.165) is 43.3 Å². The molecule has 0 bridgehead atoms. The van der Waals surface area contributed by atoms with Gasteiger partial charge in [-0.3, -0.25) is 4.99 Å². The topological polar surface area (TPSA) is 62.5 Å². The average Bonchev–Trinajstić information content (AvgIpc) is 3.17. The van der Waals surface area contributed by atoms with Gasteiger partial charge < -0.3 is 15.1 Å². The fourth-order valence-electron chi connectivity index (χ4n) is 1.99. The number of rotatable bonds is 7. The van der Waals surface area contributed by atoms with Gasteiger partial charge in [0.25, 0.3) is 0 Å². The van der Waals surface area contributed by atoms with Gasteiger partial charge in [0.15, 0.2) is 5.96 Å². The summed E-state index contributed by atoms with van der Waals surface area (Å²) in [5, 5.41) is 9.94. The minimum Gasteiger partial charge on any atom is -0.469 e. The Balaban J connectivity index is 1.67. The molecule has 0 amide bonds. The van der Waals surface area contributed by atoms with Crippen LogP contribution in [0.15, 0.2) is 33.2 Å². The molecule has 0 aliphatic heterocycles. The quantitative estimate of drug-likeness (QED) is 0.608. The van der Waals surface area contributed by atoms with Crippen LogP contribution < -0.4 is 10.6 Å². The normalized spacial score (nSPS) is 11.9. The van der Waals surface area contributed by atoms with Crippen LogP contribution in [0.5, 0.6) is 0 Å². The van der Waals surface area contributed by atoms with Gasteiger partial charge in [-0.25, -0.2) is 4.98 Å². The highest BCUT2D eigenvalue weighted by Crippen LogP contribution is 2.19. The van der Waals surface area contributed by atoms with Crippen molar-refractivity contribution in [3.8, 4) is 0 Å². The van der Waals surface area contributed by atoms with Gasteiger partial charge in [0.05, 0.1) is 17.0 Å². The molecule has 22 heavy (non-hydrogen) atoms. The standard InChI is InChI=1S/C16H24N4OS/c1-12(2)15-20-13(11-22-15)6-8-18-16(17-3)19-9-7-14-5-4-10-21-14/h4-5,10-12H,6-9H2,1-3H3,(H2,17,18,19). The molecular weight excluding hydrogens is 296 g/mol. The Morgan fingerprint density at radius 3 is 2.68 bits per heavy atom. The van der Waals surface area contributed by atoms with E-state index in [0.29, 0.717) is 5.92 Å². The zero-order chi connectivity index (χ0) is 15.8. The van der Waals surface area contributed by atoms with Gasteiger partial charge in [-0.2, -0.15) is 0 Å². The lowest BCUT2D eigenvalue weighted by molar-refractivity contribution is 0.507. The summed E-state index contributed by atoms with van der Waals surface area (Å²) in [6.07, 6.45) is 3.45. The second kappa shape index (κ2) is 8.58. The number of nitrogens with one attached hydrogen (secondary N) is 2. The van der Waals surface area contributed by atoms with Crippen LogP contribution in [0.2, 0.25) is 0 Å². The maximum absolute atomic E-state index is 5.30. The van der Waals surface area contributed by atoms with Crippen LogP contribution in [0.3, 0.4) is 0 Å². The minimum absolute atomic E-state index is 0.503. The van der Waals surface area contributed by atoms with Gasteiger partial charge >= 0.3 is 0 Å². The molecule has 0 aliphatic rings. The summed E-state index contributed by atoms with van der Waals surface area (Å²) in [7, 11) is 1.78. The maximum Gasteiger partial charge on any atom is 0.191 e. The Hall–Kier alpha value is -1.82. The van der Waals surface area contributed by atoms with Crippen LogP contribution in [0.4, 0.5) is 0 Å². The van der Waals surface area contributed by atoms with E-state index in [1.807, 2.05) is 12.1 Å². The molecule has 2 N–H and O–H groups in total. The third kappa shape index (κ3) is 5.18. The Morgan fingerprint density at radius 2 is 2.09 bits per heavy atom.